The summed E-state index contributed by atoms with van der Waals surface area (Å²) < 4.78 is 11.6. The number of benzene rings is 7. The molecule has 238 valence electrons. The number of rotatable bonds is 4. The molecule has 0 aliphatic rings. The van der Waals surface area contributed by atoms with E-state index in [1.807, 2.05) is 66.7 Å². The normalized spacial score (nSPS) is 11.9. The fourth-order valence-corrected chi connectivity index (χ4v) is 8.74. The summed E-state index contributed by atoms with van der Waals surface area (Å²) in [6.45, 7) is 0. The lowest BCUT2D eigenvalue weighted by Crippen LogP contribution is -2.00. The SMILES string of the molecule is c1ccc(-c2nc(-c3ccccc3)nc(-c3cccc4c3oc3c4ccc4c5ccc(-n6c7ccccc7c7ccccc76)cc5sc43)n2)cc1. The molecule has 5 nitrogen and oxygen atoms in total. The Kier molecular flexibility index (Phi) is 6.05. The molecule has 0 N–H and O–H groups in total. The first-order valence-electron chi connectivity index (χ1n) is 16.9. The van der Waals surface area contributed by atoms with Gasteiger partial charge in [-0.05, 0) is 36.4 Å². The molecule has 0 aliphatic heterocycles. The van der Waals surface area contributed by atoms with Gasteiger partial charge < -0.3 is 8.98 Å². The summed E-state index contributed by atoms with van der Waals surface area (Å²) in [5.41, 5.74) is 7.91. The molecule has 0 saturated heterocycles. The molecule has 4 heterocycles. The minimum atomic E-state index is 0.579. The van der Waals surface area contributed by atoms with E-state index in [0.717, 1.165) is 49.0 Å². The van der Waals surface area contributed by atoms with Crippen LogP contribution in [-0.2, 0) is 0 Å². The minimum Gasteiger partial charge on any atom is -0.454 e. The third kappa shape index (κ3) is 4.30. The van der Waals surface area contributed by atoms with E-state index in [0.29, 0.717) is 17.5 Å². The van der Waals surface area contributed by atoms with Crippen molar-refractivity contribution in [2.75, 3.05) is 0 Å². The first-order chi connectivity index (χ1) is 25.3. The van der Waals surface area contributed by atoms with Crippen molar-refractivity contribution in [1.82, 2.24) is 19.5 Å². The van der Waals surface area contributed by atoms with Crippen molar-refractivity contribution in [1.29, 1.82) is 0 Å². The van der Waals surface area contributed by atoms with Gasteiger partial charge in [-0.2, -0.15) is 0 Å². The number of nitrogens with zero attached hydrogens (tertiary/aromatic N) is 4. The standard InChI is InChI=1S/C45H26N4OS/c1-3-12-27(13-4-1)43-46-44(28-14-5-2-6-15-28)48-45(47-43)36-19-11-18-33-34-24-25-35-32-23-22-29(26-39(32)51-42(35)41(34)50-40(33)36)49-37-20-9-7-16-30(37)31-17-8-10-21-38(31)49/h1-26H. The van der Waals surface area contributed by atoms with Crippen molar-refractivity contribution < 1.29 is 4.42 Å². The van der Waals surface area contributed by atoms with Crippen LogP contribution in [0.3, 0.4) is 0 Å². The van der Waals surface area contributed by atoms with E-state index >= 15 is 0 Å². The van der Waals surface area contributed by atoms with E-state index < -0.39 is 0 Å². The Morgan fingerprint density at radius 1 is 0.431 bits per heavy atom. The van der Waals surface area contributed by atoms with Crippen LogP contribution in [0, 0.1) is 0 Å². The first kappa shape index (κ1) is 28.2. The largest absolute Gasteiger partial charge is 0.454 e. The summed E-state index contributed by atoms with van der Waals surface area (Å²) in [5, 5.41) is 7.04. The molecule has 0 saturated carbocycles. The first-order valence-corrected chi connectivity index (χ1v) is 17.8. The molecule has 0 radical (unpaired) electrons. The van der Waals surface area contributed by atoms with Crippen molar-refractivity contribution in [3.05, 3.63) is 158 Å². The number of hydrogen-bond acceptors (Lipinski definition) is 5. The highest BCUT2D eigenvalue weighted by molar-refractivity contribution is 7.26. The number of para-hydroxylation sites is 3. The lowest BCUT2D eigenvalue weighted by atomic mass is 10.1. The van der Waals surface area contributed by atoms with Crippen LogP contribution in [-0.4, -0.2) is 19.5 Å². The monoisotopic (exact) mass is 670 g/mol. The van der Waals surface area contributed by atoms with Gasteiger partial charge in [0.05, 0.1) is 21.3 Å². The van der Waals surface area contributed by atoms with Crippen LogP contribution in [0.4, 0.5) is 0 Å². The predicted molar refractivity (Wildman–Crippen MR) is 211 cm³/mol. The Labute approximate surface area is 295 Å². The summed E-state index contributed by atoms with van der Waals surface area (Å²) in [6.07, 6.45) is 0. The molecular weight excluding hydrogens is 645 g/mol. The molecule has 0 spiro atoms. The van der Waals surface area contributed by atoms with Crippen LogP contribution in [0.15, 0.2) is 162 Å². The van der Waals surface area contributed by atoms with Crippen molar-refractivity contribution in [2.24, 2.45) is 0 Å². The second-order valence-electron chi connectivity index (χ2n) is 12.8. The van der Waals surface area contributed by atoms with Gasteiger partial charge in [0.1, 0.15) is 5.58 Å². The molecule has 0 amide bonds. The van der Waals surface area contributed by atoms with E-state index in [-0.39, 0.29) is 0 Å². The van der Waals surface area contributed by atoms with Gasteiger partial charge in [0, 0.05) is 53.8 Å². The number of thiophene rings is 1. The minimum absolute atomic E-state index is 0.579. The lowest BCUT2D eigenvalue weighted by Gasteiger charge is -2.08. The molecule has 0 unspecified atom stereocenters. The Bertz CT molecular complexity index is 3030. The highest BCUT2D eigenvalue weighted by atomic mass is 32.1. The topological polar surface area (TPSA) is 56.7 Å². The summed E-state index contributed by atoms with van der Waals surface area (Å²) in [7, 11) is 0. The highest BCUT2D eigenvalue weighted by Gasteiger charge is 2.20. The number of aromatic nitrogens is 4. The maximum atomic E-state index is 6.89. The van der Waals surface area contributed by atoms with Crippen LogP contribution in [0.2, 0.25) is 0 Å². The van der Waals surface area contributed by atoms with Crippen molar-refractivity contribution in [3.8, 4) is 39.9 Å². The Morgan fingerprint density at radius 2 is 0.980 bits per heavy atom. The Morgan fingerprint density at radius 3 is 1.67 bits per heavy atom. The van der Waals surface area contributed by atoms with E-state index in [4.69, 9.17) is 19.4 Å². The van der Waals surface area contributed by atoms with Gasteiger partial charge in [0.15, 0.2) is 23.1 Å². The molecule has 0 fully saturated rings. The molecule has 11 aromatic rings. The summed E-state index contributed by atoms with van der Waals surface area (Å²) in [6, 6.07) is 54.9. The summed E-state index contributed by atoms with van der Waals surface area (Å²) in [5.74, 6) is 1.83. The van der Waals surface area contributed by atoms with Gasteiger partial charge in [-0.15, -0.1) is 11.3 Å². The third-order valence-corrected chi connectivity index (χ3v) is 11.0. The van der Waals surface area contributed by atoms with E-state index in [9.17, 15) is 0 Å². The molecule has 7 aromatic carbocycles. The van der Waals surface area contributed by atoms with Crippen LogP contribution in [0.5, 0.6) is 0 Å². The molecule has 51 heavy (non-hydrogen) atoms. The fraction of sp³-hybridized carbons (Fsp3) is 0. The zero-order valence-electron chi connectivity index (χ0n) is 27.1. The molecular formula is C45H26N4OS. The van der Waals surface area contributed by atoms with Crippen LogP contribution in [0.25, 0.3) is 104 Å². The van der Waals surface area contributed by atoms with E-state index in [1.165, 1.54) is 37.3 Å². The average molecular weight is 671 g/mol. The number of furan rings is 1. The third-order valence-electron chi connectivity index (χ3n) is 9.87. The van der Waals surface area contributed by atoms with Gasteiger partial charge >= 0.3 is 0 Å². The van der Waals surface area contributed by atoms with E-state index in [2.05, 4.69) is 95.6 Å². The zero-order chi connectivity index (χ0) is 33.5. The predicted octanol–water partition coefficient (Wildman–Crippen LogP) is 12.2. The maximum absolute atomic E-state index is 6.89. The second-order valence-corrected chi connectivity index (χ2v) is 13.8. The van der Waals surface area contributed by atoms with Crippen LogP contribution in [0.1, 0.15) is 0 Å². The van der Waals surface area contributed by atoms with Gasteiger partial charge in [-0.1, -0.05) is 121 Å². The van der Waals surface area contributed by atoms with Crippen LogP contribution >= 0.6 is 11.3 Å². The average Bonchev–Trinajstić information content (AvgIpc) is 3.88. The number of fused-ring (bicyclic) bond motifs is 10. The smallest absolute Gasteiger partial charge is 0.167 e. The van der Waals surface area contributed by atoms with E-state index in [1.54, 1.807) is 11.3 Å². The molecule has 11 rings (SSSR count). The highest BCUT2D eigenvalue weighted by Crippen LogP contribution is 2.44. The fourth-order valence-electron chi connectivity index (χ4n) is 7.52. The molecule has 4 aromatic heterocycles. The molecule has 0 aliphatic carbocycles. The van der Waals surface area contributed by atoms with Crippen LogP contribution < -0.4 is 0 Å². The maximum Gasteiger partial charge on any atom is 0.167 e. The zero-order valence-corrected chi connectivity index (χ0v) is 27.9. The summed E-state index contributed by atoms with van der Waals surface area (Å²) in [4.78, 5) is 14.9. The van der Waals surface area contributed by atoms with Crippen molar-refractivity contribution >= 4 is 75.3 Å². The van der Waals surface area contributed by atoms with Gasteiger partial charge in [-0.25, -0.2) is 15.0 Å². The van der Waals surface area contributed by atoms with Gasteiger partial charge in [0.2, 0.25) is 0 Å². The van der Waals surface area contributed by atoms with Crippen molar-refractivity contribution in [3.63, 3.8) is 0 Å². The number of hydrogen-bond donors (Lipinski definition) is 0. The molecule has 0 bridgehead atoms. The Hall–Kier alpha value is -6.63. The van der Waals surface area contributed by atoms with Crippen molar-refractivity contribution in [2.45, 2.75) is 0 Å². The molecule has 0 atom stereocenters. The lowest BCUT2D eigenvalue weighted by molar-refractivity contribution is 0.674. The van der Waals surface area contributed by atoms with Gasteiger partial charge in [-0.3, -0.25) is 0 Å². The summed E-state index contributed by atoms with van der Waals surface area (Å²) >= 11 is 1.78. The van der Waals surface area contributed by atoms with Gasteiger partial charge in [0.25, 0.3) is 0 Å². The Balaban J connectivity index is 1.11. The second kappa shape index (κ2) is 10.9. The quantitative estimate of drug-likeness (QED) is 0.187. The molecule has 6 heteroatoms.